The summed E-state index contributed by atoms with van der Waals surface area (Å²) in [6, 6.07) is 7.45. The van der Waals surface area contributed by atoms with Gasteiger partial charge in [0.2, 0.25) is 5.91 Å². The van der Waals surface area contributed by atoms with Crippen LogP contribution < -0.4 is 15.4 Å². The van der Waals surface area contributed by atoms with E-state index in [1.54, 1.807) is 0 Å². The fraction of sp³-hybridized carbons (Fsp3) is 0.611. The van der Waals surface area contributed by atoms with Crippen LogP contribution in [0.25, 0.3) is 0 Å². The van der Waals surface area contributed by atoms with Gasteiger partial charge >= 0.3 is 0 Å². The van der Waals surface area contributed by atoms with Crippen LogP contribution in [0.3, 0.4) is 0 Å². The van der Waals surface area contributed by atoms with Crippen molar-refractivity contribution in [3.8, 4) is 5.75 Å². The molecule has 0 bridgehead atoms. The summed E-state index contributed by atoms with van der Waals surface area (Å²) < 4.78 is 5.93. The lowest BCUT2D eigenvalue weighted by atomic mass is 9.92. The number of benzene rings is 1. The Morgan fingerprint density at radius 1 is 1.42 bits per heavy atom. The minimum absolute atomic E-state index is 0. The Morgan fingerprint density at radius 2 is 2.12 bits per heavy atom. The number of carbonyl (C=O) groups excluding carboxylic acids is 1. The maximum atomic E-state index is 12.4. The summed E-state index contributed by atoms with van der Waals surface area (Å²) in [5, 5.41) is 7.05. The number of amides is 1. The molecule has 2 aliphatic rings. The highest BCUT2D eigenvalue weighted by Crippen LogP contribution is 2.58. The molecule has 2 N–H and O–H groups in total. The molecule has 2 unspecified atom stereocenters. The summed E-state index contributed by atoms with van der Waals surface area (Å²) in [5.41, 5.74) is 0.278. The SMILES string of the molecule is CCC(CNC(=O)C1CC12CCNCC2)Oc1ccccc1Cl.Cl. The van der Waals surface area contributed by atoms with E-state index in [4.69, 9.17) is 16.3 Å². The van der Waals surface area contributed by atoms with E-state index in [9.17, 15) is 4.79 Å². The van der Waals surface area contributed by atoms with Crippen LogP contribution in [0.1, 0.15) is 32.6 Å². The maximum absolute atomic E-state index is 12.4. The van der Waals surface area contributed by atoms with Crippen molar-refractivity contribution < 1.29 is 9.53 Å². The van der Waals surface area contributed by atoms with Crippen molar-refractivity contribution in [1.82, 2.24) is 10.6 Å². The van der Waals surface area contributed by atoms with Crippen LogP contribution in [0, 0.1) is 11.3 Å². The molecule has 6 heteroatoms. The fourth-order valence-electron chi connectivity index (χ4n) is 3.52. The highest BCUT2D eigenvalue weighted by molar-refractivity contribution is 6.32. The molecule has 1 aliphatic carbocycles. The van der Waals surface area contributed by atoms with Crippen LogP contribution >= 0.6 is 24.0 Å². The molecule has 3 rings (SSSR count). The van der Waals surface area contributed by atoms with Crippen molar-refractivity contribution >= 4 is 29.9 Å². The van der Waals surface area contributed by atoms with Gasteiger partial charge in [0.15, 0.2) is 0 Å². The minimum atomic E-state index is -0.0541. The normalized spacial score (nSPS) is 22.3. The van der Waals surface area contributed by atoms with E-state index in [0.29, 0.717) is 17.3 Å². The molecule has 134 valence electrons. The van der Waals surface area contributed by atoms with Crippen molar-refractivity contribution in [2.75, 3.05) is 19.6 Å². The van der Waals surface area contributed by atoms with Gasteiger partial charge in [-0.1, -0.05) is 30.7 Å². The first-order valence-electron chi connectivity index (χ1n) is 8.54. The zero-order chi connectivity index (χ0) is 16.3. The Bertz CT molecular complexity index is 562. The van der Waals surface area contributed by atoms with Crippen LogP contribution in [0.2, 0.25) is 5.02 Å². The summed E-state index contributed by atoms with van der Waals surface area (Å²) in [5.74, 6) is 1.06. The van der Waals surface area contributed by atoms with Crippen molar-refractivity contribution in [3.63, 3.8) is 0 Å². The molecule has 2 fully saturated rings. The van der Waals surface area contributed by atoms with E-state index >= 15 is 0 Å². The van der Waals surface area contributed by atoms with Crippen molar-refractivity contribution in [2.45, 2.75) is 38.7 Å². The summed E-state index contributed by atoms with van der Waals surface area (Å²) in [6.07, 6.45) is 4.06. The number of halogens is 2. The lowest BCUT2D eigenvalue weighted by Gasteiger charge is -2.23. The lowest BCUT2D eigenvalue weighted by Crippen LogP contribution is -2.38. The molecule has 0 radical (unpaired) electrons. The Morgan fingerprint density at radius 3 is 2.79 bits per heavy atom. The van der Waals surface area contributed by atoms with Crippen LogP contribution in [-0.2, 0) is 4.79 Å². The molecule has 1 aliphatic heterocycles. The van der Waals surface area contributed by atoms with Gasteiger partial charge in [-0.15, -0.1) is 12.4 Å². The first kappa shape index (κ1) is 19.4. The van der Waals surface area contributed by atoms with Crippen LogP contribution in [-0.4, -0.2) is 31.6 Å². The second kappa shape index (κ2) is 8.41. The first-order chi connectivity index (χ1) is 11.1. The number of nitrogens with one attached hydrogen (secondary N) is 2. The van der Waals surface area contributed by atoms with Crippen molar-refractivity contribution in [2.24, 2.45) is 11.3 Å². The van der Waals surface area contributed by atoms with E-state index in [-0.39, 0.29) is 35.8 Å². The Labute approximate surface area is 155 Å². The van der Waals surface area contributed by atoms with Gasteiger partial charge in [-0.05, 0) is 56.3 Å². The quantitative estimate of drug-likeness (QED) is 0.803. The molecule has 1 spiro atoms. The summed E-state index contributed by atoms with van der Waals surface area (Å²) in [6.45, 7) is 4.67. The highest BCUT2D eigenvalue weighted by Gasteiger charge is 2.57. The predicted octanol–water partition coefficient (Wildman–Crippen LogP) is 3.43. The van der Waals surface area contributed by atoms with Crippen molar-refractivity contribution in [3.05, 3.63) is 29.3 Å². The molecule has 1 saturated heterocycles. The molecule has 1 heterocycles. The molecule has 1 amide bonds. The second-order valence-electron chi connectivity index (χ2n) is 6.69. The maximum Gasteiger partial charge on any atom is 0.223 e. The second-order valence-corrected chi connectivity index (χ2v) is 7.10. The number of rotatable bonds is 6. The van der Waals surface area contributed by atoms with Gasteiger partial charge in [0.25, 0.3) is 0 Å². The molecular weight excluding hydrogens is 347 g/mol. The smallest absolute Gasteiger partial charge is 0.223 e. The van der Waals surface area contributed by atoms with E-state index < -0.39 is 0 Å². The molecule has 0 aromatic heterocycles. The van der Waals surface area contributed by atoms with Gasteiger partial charge in [-0.3, -0.25) is 4.79 Å². The zero-order valence-corrected chi connectivity index (χ0v) is 15.6. The van der Waals surface area contributed by atoms with E-state index in [1.807, 2.05) is 24.3 Å². The van der Waals surface area contributed by atoms with E-state index in [2.05, 4.69) is 17.6 Å². The Balaban J connectivity index is 0.00000208. The van der Waals surface area contributed by atoms with Gasteiger partial charge in [-0.25, -0.2) is 0 Å². The van der Waals surface area contributed by atoms with Gasteiger partial charge in [0, 0.05) is 5.92 Å². The number of para-hydroxylation sites is 1. The van der Waals surface area contributed by atoms with Crippen LogP contribution in [0.5, 0.6) is 5.75 Å². The molecular formula is C18H26Cl2N2O2. The molecule has 1 aromatic carbocycles. The van der Waals surface area contributed by atoms with Gasteiger partial charge in [-0.2, -0.15) is 0 Å². The number of hydrogen-bond donors (Lipinski definition) is 2. The Hall–Kier alpha value is -0.970. The van der Waals surface area contributed by atoms with E-state index in [0.717, 1.165) is 38.8 Å². The molecule has 4 nitrogen and oxygen atoms in total. The van der Waals surface area contributed by atoms with Crippen LogP contribution in [0.4, 0.5) is 0 Å². The molecule has 2 atom stereocenters. The summed E-state index contributed by atoms with van der Waals surface area (Å²) >= 11 is 6.13. The molecule has 1 saturated carbocycles. The Kier molecular flexibility index (Phi) is 6.79. The average Bonchev–Trinajstić information content (AvgIpc) is 3.26. The fourth-order valence-corrected chi connectivity index (χ4v) is 3.70. The van der Waals surface area contributed by atoms with E-state index in [1.165, 1.54) is 0 Å². The number of piperidine rings is 1. The predicted molar refractivity (Wildman–Crippen MR) is 99.1 cm³/mol. The molecule has 24 heavy (non-hydrogen) atoms. The number of hydrogen-bond acceptors (Lipinski definition) is 3. The summed E-state index contributed by atoms with van der Waals surface area (Å²) in [4.78, 5) is 12.4. The minimum Gasteiger partial charge on any atom is -0.487 e. The summed E-state index contributed by atoms with van der Waals surface area (Å²) in [7, 11) is 0. The first-order valence-corrected chi connectivity index (χ1v) is 8.92. The lowest BCUT2D eigenvalue weighted by molar-refractivity contribution is -0.123. The number of ether oxygens (including phenoxy) is 1. The molecule has 1 aromatic rings. The third-order valence-electron chi connectivity index (χ3n) is 5.20. The number of carbonyl (C=O) groups is 1. The third kappa shape index (κ3) is 4.35. The standard InChI is InChI=1S/C18H25ClN2O2.ClH/c1-2-13(23-16-6-4-3-5-15(16)19)12-21-17(22)14-11-18(14)7-9-20-10-8-18;/h3-6,13-14,20H,2,7-12H2,1H3,(H,21,22);1H. The van der Waals surface area contributed by atoms with Gasteiger partial charge in [0.05, 0.1) is 11.6 Å². The van der Waals surface area contributed by atoms with Crippen molar-refractivity contribution in [1.29, 1.82) is 0 Å². The largest absolute Gasteiger partial charge is 0.487 e. The topological polar surface area (TPSA) is 50.4 Å². The monoisotopic (exact) mass is 372 g/mol. The van der Waals surface area contributed by atoms with Gasteiger partial charge in [0.1, 0.15) is 11.9 Å². The highest BCUT2D eigenvalue weighted by atomic mass is 35.5. The van der Waals surface area contributed by atoms with Gasteiger partial charge < -0.3 is 15.4 Å². The average molecular weight is 373 g/mol. The van der Waals surface area contributed by atoms with Crippen LogP contribution in [0.15, 0.2) is 24.3 Å². The third-order valence-corrected chi connectivity index (χ3v) is 5.51. The zero-order valence-electron chi connectivity index (χ0n) is 14.0.